The Morgan fingerprint density at radius 2 is 1.85 bits per heavy atom. The number of benzene rings is 1. The minimum atomic E-state index is -4.65. The maximum Gasteiger partial charge on any atom is 0.449 e. The highest BCUT2D eigenvalue weighted by Gasteiger charge is 2.36. The summed E-state index contributed by atoms with van der Waals surface area (Å²) in [6.45, 7) is 0. The zero-order valence-corrected chi connectivity index (χ0v) is 15.1. The van der Waals surface area contributed by atoms with E-state index in [1.54, 1.807) is 12.2 Å². The standard InChI is InChI=1S/C17H13F3N2O2S2/c1-26(23,24)11-8-6-10(7-9-11)14-15(12-4-2-3-5-13(12)25)22-16(21-14)17(18,19)20/h2-4,6-9H,5H2,1H3,(H,21,22). The van der Waals surface area contributed by atoms with Crippen LogP contribution in [0.1, 0.15) is 17.9 Å². The molecule has 0 aliphatic heterocycles. The lowest BCUT2D eigenvalue weighted by Gasteiger charge is -2.11. The van der Waals surface area contributed by atoms with E-state index in [2.05, 4.69) is 9.97 Å². The van der Waals surface area contributed by atoms with Gasteiger partial charge in [-0.15, -0.1) is 0 Å². The number of rotatable bonds is 3. The summed E-state index contributed by atoms with van der Waals surface area (Å²) in [4.78, 5) is 6.59. The molecule has 1 heterocycles. The second kappa shape index (κ2) is 6.48. The van der Waals surface area contributed by atoms with E-state index in [0.29, 0.717) is 22.4 Å². The lowest BCUT2D eigenvalue weighted by Crippen LogP contribution is -2.08. The molecule has 1 aromatic carbocycles. The Labute approximate surface area is 153 Å². The number of hydrogen-bond donors (Lipinski definition) is 1. The molecule has 0 amide bonds. The largest absolute Gasteiger partial charge is 0.449 e. The monoisotopic (exact) mass is 398 g/mol. The number of aromatic amines is 1. The highest BCUT2D eigenvalue weighted by Crippen LogP contribution is 2.35. The Balaban J connectivity index is 2.17. The summed E-state index contributed by atoms with van der Waals surface area (Å²) < 4.78 is 62.6. The number of nitrogens with zero attached hydrogens (tertiary/aromatic N) is 1. The van der Waals surface area contributed by atoms with E-state index in [4.69, 9.17) is 12.2 Å². The fourth-order valence-electron chi connectivity index (χ4n) is 2.54. The first-order valence-corrected chi connectivity index (χ1v) is 9.75. The van der Waals surface area contributed by atoms with E-state index in [0.717, 1.165) is 6.26 Å². The molecule has 136 valence electrons. The number of allylic oxidation sites excluding steroid dienone is 4. The van der Waals surface area contributed by atoms with Crippen molar-refractivity contribution in [1.82, 2.24) is 9.97 Å². The molecule has 1 aliphatic rings. The topological polar surface area (TPSA) is 62.8 Å². The van der Waals surface area contributed by atoms with E-state index >= 15 is 0 Å². The van der Waals surface area contributed by atoms with Crippen LogP contribution in [0.4, 0.5) is 13.2 Å². The fraction of sp³-hybridized carbons (Fsp3) is 0.176. The van der Waals surface area contributed by atoms with Gasteiger partial charge in [0.05, 0.1) is 16.3 Å². The van der Waals surface area contributed by atoms with Crippen molar-refractivity contribution >= 4 is 32.5 Å². The Hall–Kier alpha value is -2.26. The lowest BCUT2D eigenvalue weighted by molar-refractivity contribution is -0.144. The van der Waals surface area contributed by atoms with Crippen molar-refractivity contribution in [3.05, 3.63) is 54.0 Å². The second-order valence-electron chi connectivity index (χ2n) is 5.74. The molecule has 0 spiro atoms. The van der Waals surface area contributed by atoms with Gasteiger partial charge in [-0.25, -0.2) is 13.4 Å². The van der Waals surface area contributed by atoms with E-state index in [9.17, 15) is 21.6 Å². The molecular weight excluding hydrogens is 385 g/mol. The molecular formula is C17H13F3N2O2S2. The first-order valence-electron chi connectivity index (χ1n) is 7.45. The molecule has 0 fully saturated rings. The third-order valence-corrected chi connectivity index (χ3v) is 5.32. The van der Waals surface area contributed by atoms with E-state index in [1.165, 1.54) is 24.3 Å². The van der Waals surface area contributed by atoms with Crippen molar-refractivity contribution in [2.45, 2.75) is 17.5 Å². The SMILES string of the molecule is CS(=O)(=O)c1ccc(-c2nc(C(F)(F)F)[nH]c2C2=CC=CCC2=S)cc1. The van der Waals surface area contributed by atoms with Crippen molar-refractivity contribution in [2.24, 2.45) is 0 Å². The molecule has 0 saturated carbocycles. The third kappa shape index (κ3) is 3.63. The van der Waals surface area contributed by atoms with Crippen molar-refractivity contribution in [3.8, 4) is 11.3 Å². The summed E-state index contributed by atoms with van der Waals surface area (Å²) in [5, 5.41) is 0. The van der Waals surface area contributed by atoms with Crippen LogP contribution in [0.25, 0.3) is 16.8 Å². The van der Waals surface area contributed by atoms with Crippen LogP contribution in [0, 0.1) is 0 Å². The van der Waals surface area contributed by atoms with Gasteiger partial charge in [-0.3, -0.25) is 0 Å². The summed E-state index contributed by atoms with van der Waals surface area (Å²) in [6.07, 6.45) is 2.03. The highest BCUT2D eigenvalue weighted by atomic mass is 32.2. The zero-order chi connectivity index (χ0) is 19.1. The van der Waals surface area contributed by atoms with Crippen molar-refractivity contribution in [3.63, 3.8) is 0 Å². The number of halogens is 3. The number of thiocarbonyl (C=S) groups is 1. The Morgan fingerprint density at radius 3 is 2.38 bits per heavy atom. The van der Waals surface area contributed by atoms with Crippen LogP contribution >= 0.6 is 12.2 Å². The van der Waals surface area contributed by atoms with E-state index < -0.39 is 21.8 Å². The number of nitrogens with one attached hydrogen (secondary N) is 1. The van der Waals surface area contributed by atoms with Gasteiger partial charge in [-0.1, -0.05) is 42.6 Å². The van der Waals surface area contributed by atoms with Gasteiger partial charge in [-0.05, 0) is 12.1 Å². The van der Waals surface area contributed by atoms with Gasteiger partial charge < -0.3 is 4.98 Å². The molecule has 1 aromatic heterocycles. The number of alkyl halides is 3. The number of H-pyrrole nitrogens is 1. The molecule has 0 atom stereocenters. The number of imidazole rings is 1. The van der Waals surface area contributed by atoms with E-state index in [1.807, 2.05) is 6.08 Å². The Morgan fingerprint density at radius 1 is 1.19 bits per heavy atom. The highest BCUT2D eigenvalue weighted by molar-refractivity contribution is 7.90. The van der Waals surface area contributed by atoms with Crippen molar-refractivity contribution in [1.29, 1.82) is 0 Å². The number of hydrogen-bond acceptors (Lipinski definition) is 4. The van der Waals surface area contributed by atoms with Crippen LogP contribution in [0.3, 0.4) is 0 Å². The average Bonchev–Trinajstić information content (AvgIpc) is 3.00. The minimum absolute atomic E-state index is 0.0706. The molecule has 0 radical (unpaired) electrons. The minimum Gasteiger partial charge on any atom is -0.334 e. The van der Waals surface area contributed by atoms with Gasteiger partial charge in [0.15, 0.2) is 9.84 Å². The Kier molecular flexibility index (Phi) is 4.61. The van der Waals surface area contributed by atoms with Crippen LogP contribution in [-0.2, 0) is 16.0 Å². The average molecular weight is 398 g/mol. The molecule has 2 aromatic rings. The molecule has 26 heavy (non-hydrogen) atoms. The van der Waals surface area contributed by atoms with Crippen LogP contribution in [0.15, 0.2) is 47.4 Å². The number of aromatic nitrogens is 2. The molecule has 4 nitrogen and oxygen atoms in total. The van der Waals surface area contributed by atoms with Crippen LogP contribution in [-0.4, -0.2) is 29.5 Å². The lowest BCUT2D eigenvalue weighted by atomic mass is 9.98. The molecule has 3 rings (SSSR count). The Bertz CT molecular complexity index is 1030. The quantitative estimate of drug-likeness (QED) is 0.787. The molecule has 1 aliphatic carbocycles. The first-order chi connectivity index (χ1) is 12.1. The zero-order valence-electron chi connectivity index (χ0n) is 13.5. The summed E-state index contributed by atoms with van der Waals surface area (Å²) in [5.74, 6) is -1.13. The molecule has 0 unspecified atom stereocenters. The second-order valence-corrected chi connectivity index (χ2v) is 8.25. The predicted octanol–water partition coefficient (Wildman–Crippen LogP) is 4.21. The first kappa shape index (κ1) is 18.5. The summed E-state index contributed by atoms with van der Waals surface area (Å²) in [5.41, 5.74) is 1.06. The fourth-order valence-corrected chi connectivity index (χ4v) is 3.43. The maximum absolute atomic E-state index is 13.1. The van der Waals surface area contributed by atoms with Gasteiger partial charge in [0, 0.05) is 28.7 Å². The van der Waals surface area contributed by atoms with Gasteiger partial charge >= 0.3 is 6.18 Å². The molecule has 1 N–H and O–H groups in total. The van der Waals surface area contributed by atoms with Crippen molar-refractivity contribution < 1.29 is 21.6 Å². The van der Waals surface area contributed by atoms with Crippen LogP contribution in [0.2, 0.25) is 0 Å². The normalized spacial score (nSPS) is 15.2. The van der Waals surface area contributed by atoms with Gasteiger partial charge in [0.25, 0.3) is 0 Å². The summed E-state index contributed by atoms with van der Waals surface area (Å²) in [6, 6.07) is 5.53. The smallest absolute Gasteiger partial charge is 0.334 e. The predicted molar refractivity (Wildman–Crippen MR) is 96.5 cm³/mol. The van der Waals surface area contributed by atoms with E-state index in [-0.39, 0.29) is 16.3 Å². The molecule has 9 heteroatoms. The van der Waals surface area contributed by atoms with Crippen molar-refractivity contribution in [2.75, 3.05) is 6.26 Å². The van der Waals surface area contributed by atoms with Gasteiger partial charge in [-0.2, -0.15) is 13.2 Å². The van der Waals surface area contributed by atoms with Crippen LogP contribution < -0.4 is 0 Å². The molecule has 0 bridgehead atoms. The van der Waals surface area contributed by atoms with Crippen LogP contribution in [0.5, 0.6) is 0 Å². The van der Waals surface area contributed by atoms with Gasteiger partial charge in [0.1, 0.15) is 0 Å². The third-order valence-electron chi connectivity index (χ3n) is 3.80. The summed E-state index contributed by atoms with van der Waals surface area (Å²) in [7, 11) is -3.41. The summed E-state index contributed by atoms with van der Waals surface area (Å²) >= 11 is 5.26. The number of sulfone groups is 1. The molecule has 0 saturated heterocycles. The maximum atomic E-state index is 13.1. The van der Waals surface area contributed by atoms with Gasteiger partial charge in [0.2, 0.25) is 5.82 Å².